The van der Waals surface area contributed by atoms with Crippen molar-refractivity contribution >= 4 is 23.4 Å². The van der Waals surface area contributed by atoms with Crippen LogP contribution in [0, 0.1) is 0 Å². The lowest BCUT2D eigenvalue weighted by molar-refractivity contribution is -0.140. The van der Waals surface area contributed by atoms with Crippen LogP contribution in [0.1, 0.15) is 52.5 Å². The Morgan fingerprint density at radius 3 is 2.30 bits per heavy atom. The molecule has 0 bridgehead atoms. The Kier molecular flexibility index (Phi) is 8.10. The molecule has 1 aromatic rings. The molecule has 2 amide bonds. The van der Waals surface area contributed by atoms with Crippen molar-refractivity contribution in [3.63, 3.8) is 0 Å². The summed E-state index contributed by atoms with van der Waals surface area (Å²) >= 11 is 5.90. The molecule has 0 saturated carbocycles. The predicted octanol–water partition coefficient (Wildman–Crippen LogP) is 3.77. The zero-order chi connectivity index (χ0) is 17.4. The molecular weight excluding hydrogens is 312 g/mol. The highest BCUT2D eigenvalue weighted by Crippen LogP contribution is 2.15. The van der Waals surface area contributed by atoms with Crippen LogP contribution in [0.2, 0.25) is 5.02 Å². The Morgan fingerprint density at radius 2 is 1.78 bits per heavy atom. The molecule has 2 atom stereocenters. The van der Waals surface area contributed by atoms with Crippen molar-refractivity contribution in [2.24, 2.45) is 0 Å². The minimum Gasteiger partial charge on any atom is -0.352 e. The maximum Gasteiger partial charge on any atom is 0.242 e. The van der Waals surface area contributed by atoms with E-state index in [1.807, 2.05) is 32.9 Å². The summed E-state index contributed by atoms with van der Waals surface area (Å²) in [5, 5.41) is 3.60. The second-order valence-electron chi connectivity index (χ2n) is 5.89. The Hall–Kier alpha value is -1.55. The second-order valence-corrected chi connectivity index (χ2v) is 6.33. The summed E-state index contributed by atoms with van der Waals surface area (Å²) in [6.45, 7) is 8.12. The molecule has 5 heteroatoms. The van der Waals surface area contributed by atoms with Crippen LogP contribution in [0.4, 0.5) is 0 Å². The van der Waals surface area contributed by atoms with Crippen LogP contribution in [0.5, 0.6) is 0 Å². The predicted molar refractivity (Wildman–Crippen MR) is 94.3 cm³/mol. The summed E-state index contributed by atoms with van der Waals surface area (Å²) in [4.78, 5) is 26.5. The van der Waals surface area contributed by atoms with E-state index in [0.717, 1.165) is 18.4 Å². The lowest BCUT2D eigenvalue weighted by Gasteiger charge is -2.29. The number of nitrogens with one attached hydrogen (secondary N) is 1. The average molecular weight is 339 g/mol. The third-order valence-electron chi connectivity index (χ3n) is 3.90. The van der Waals surface area contributed by atoms with Gasteiger partial charge in [0.25, 0.3) is 0 Å². The molecule has 0 spiro atoms. The van der Waals surface area contributed by atoms with Crippen LogP contribution >= 0.6 is 11.6 Å². The fraction of sp³-hybridized carbons (Fsp3) is 0.556. The van der Waals surface area contributed by atoms with Gasteiger partial charge >= 0.3 is 0 Å². The first-order chi connectivity index (χ1) is 10.9. The topological polar surface area (TPSA) is 49.4 Å². The normalized spacial score (nSPS) is 13.3. The quantitative estimate of drug-likeness (QED) is 0.784. The summed E-state index contributed by atoms with van der Waals surface area (Å²) in [5.74, 6) is -0.119. The molecule has 0 unspecified atom stereocenters. The van der Waals surface area contributed by atoms with E-state index >= 15 is 0 Å². The molecule has 4 nitrogen and oxygen atoms in total. The van der Waals surface area contributed by atoms with Gasteiger partial charge in [-0.2, -0.15) is 0 Å². The molecular formula is C18H27ClN2O2. The number of carbonyl (C=O) groups is 2. The van der Waals surface area contributed by atoms with Crippen molar-refractivity contribution in [3.05, 3.63) is 34.9 Å². The van der Waals surface area contributed by atoms with Crippen molar-refractivity contribution < 1.29 is 9.59 Å². The first-order valence-electron chi connectivity index (χ1n) is 8.23. The van der Waals surface area contributed by atoms with E-state index in [4.69, 9.17) is 11.6 Å². The molecule has 23 heavy (non-hydrogen) atoms. The van der Waals surface area contributed by atoms with Crippen molar-refractivity contribution in [2.45, 2.75) is 65.6 Å². The summed E-state index contributed by atoms with van der Waals surface area (Å²) in [5.41, 5.74) is 0.960. The highest BCUT2D eigenvalue weighted by atomic mass is 35.5. The number of halogens is 1. The molecule has 1 aromatic carbocycles. The van der Waals surface area contributed by atoms with Crippen molar-refractivity contribution in [1.82, 2.24) is 10.2 Å². The van der Waals surface area contributed by atoms with E-state index in [-0.39, 0.29) is 17.9 Å². The van der Waals surface area contributed by atoms with Gasteiger partial charge in [-0.15, -0.1) is 0 Å². The lowest BCUT2D eigenvalue weighted by atomic mass is 10.1. The zero-order valence-corrected chi connectivity index (χ0v) is 15.2. The molecule has 0 aliphatic heterocycles. The summed E-state index contributed by atoms with van der Waals surface area (Å²) in [6, 6.07) is 6.95. The van der Waals surface area contributed by atoms with Crippen LogP contribution in [0.25, 0.3) is 0 Å². The summed E-state index contributed by atoms with van der Waals surface area (Å²) in [6.07, 6.45) is 2.06. The third kappa shape index (κ3) is 6.22. The zero-order valence-electron chi connectivity index (χ0n) is 14.4. The molecule has 0 aromatic heterocycles. The Balaban J connectivity index is 2.88. The van der Waals surface area contributed by atoms with Crippen LogP contribution in [-0.4, -0.2) is 28.8 Å². The van der Waals surface area contributed by atoms with Crippen LogP contribution < -0.4 is 5.32 Å². The van der Waals surface area contributed by atoms with Gasteiger partial charge in [0.05, 0.1) is 0 Å². The van der Waals surface area contributed by atoms with Gasteiger partial charge in [-0.1, -0.05) is 37.6 Å². The van der Waals surface area contributed by atoms with E-state index in [1.54, 1.807) is 24.0 Å². The number of hydrogen-bond acceptors (Lipinski definition) is 2. The average Bonchev–Trinajstić information content (AvgIpc) is 2.53. The molecule has 1 N–H and O–H groups in total. The van der Waals surface area contributed by atoms with Gasteiger partial charge in [-0.3, -0.25) is 9.59 Å². The van der Waals surface area contributed by atoms with Crippen LogP contribution in [0.15, 0.2) is 24.3 Å². The highest BCUT2D eigenvalue weighted by molar-refractivity contribution is 6.30. The first kappa shape index (κ1) is 19.5. The minimum atomic E-state index is -0.501. The summed E-state index contributed by atoms with van der Waals surface area (Å²) < 4.78 is 0. The van der Waals surface area contributed by atoms with Crippen molar-refractivity contribution in [3.8, 4) is 0 Å². The largest absolute Gasteiger partial charge is 0.352 e. The monoisotopic (exact) mass is 338 g/mol. The molecule has 1 rings (SSSR count). The lowest BCUT2D eigenvalue weighted by Crippen LogP contribution is -2.49. The van der Waals surface area contributed by atoms with E-state index in [9.17, 15) is 9.59 Å². The maximum atomic E-state index is 12.4. The van der Waals surface area contributed by atoms with Gasteiger partial charge in [-0.05, 0) is 44.4 Å². The van der Waals surface area contributed by atoms with E-state index in [0.29, 0.717) is 18.0 Å². The number of rotatable bonds is 8. The first-order valence-corrected chi connectivity index (χ1v) is 8.61. The number of nitrogens with zero attached hydrogens (tertiary/aromatic N) is 1. The molecule has 0 saturated heterocycles. The fourth-order valence-electron chi connectivity index (χ4n) is 2.19. The van der Waals surface area contributed by atoms with Crippen molar-refractivity contribution in [1.29, 1.82) is 0 Å². The van der Waals surface area contributed by atoms with Crippen LogP contribution in [-0.2, 0) is 16.1 Å². The van der Waals surface area contributed by atoms with Gasteiger partial charge in [0.1, 0.15) is 6.04 Å². The molecule has 0 fully saturated rings. The highest BCUT2D eigenvalue weighted by Gasteiger charge is 2.26. The van der Waals surface area contributed by atoms with E-state index in [2.05, 4.69) is 5.32 Å². The van der Waals surface area contributed by atoms with Gasteiger partial charge < -0.3 is 10.2 Å². The third-order valence-corrected chi connectivity index (χ3v) is 4.15. The Labute approximate surface area is 144 Å². The van der Waals surface area contributed by atoms with E-state index < -0.39 is 6.04 Å². The number of benzene rings is 1. The number of amides is 2. The smallest absolute Gasteiger partial charge is 0.242 e. The molecule has 0 radical (unpaired) electrons. The standard InChI is InChI=1S/C18H27ClN2O2/c1-5-7-17(22)21(12-15-8-10-16(19)11-9-15)14(4)18(23)20-13(3)6-2/h8-11,13-14H,5-7,12H2,1-4H3,(H,20,23)/t13-,14-/m0/s1. The Bertz CT molecular complexity index is 516. The summed E-state index contributed by atoms with van der Waals surface area (Å²) in [7, 11) is 0. The molecule has 0 aliphatic rings. The molecule has 0 aliphatic carbocycles. The maximum absolute atomic E-state index is 12.4. The minimum absolute atomic E-state index is 0.00532. The second kappa shape index (κ2) is 9.56. The number of carbonyl (C=O) groups excluding carboxylic acids is 2. The van der Waals surface area contributed by atoms with Crippen LogP contribution in [0.3, 0.4) is 0 Å². The van der Waals surface area contributed by atoms with Gasteiger partial charge in [-0.25, -0.2) is 0 Å². The Morgan fingerprint density at radius 1 is 1.17 bits per heavy atom. The van der Waals surface area contributed by atoms with E-state index in [1.165, 1.54) is 0 Å². The van der Waals surface area contributed by atoms with Gasteiger partial charge in [0.2, 0.25) is 11.8 Å². The SMILES string of the molecule is CCCC(=O)N(Cc1ccc(Cl)cc1)[C@@H](C)C(=O)N[C@@H](C)CC. The van der Waals surface area contributed by atoms with Gasteiger partial charge in [0.15, 0.2) is 0 Å². The van der Waals surface area contributed by atoms with Gasteiger partial charge in [0, 0.05) is 24.0 Å². The van der Waals surface area contributed by atoms with Crippen molar-refractivity contribution in [2.75, 3.05) is 0 Å². The number of hydrogen-bond donors (Lipinski definition) is 1. The molecule has 0 heterocycles. The molecule has 128 valence electrons. The fourth-order valence-corrected chi connectivity index (χ4v) is 2.32.